The van der Waals surface area contributed by atoms with E-state index in [-0.39, 0.29) is 0 Å². The number of carbonyl (C=O) groups is 1. The third kappa shape index (κ3) is 9.21. The lowest BCUT2D eigenvalue weighted by Gasteiger charge is -2.07. The molecule has 2 saturated carbocycles. The molecule has 9 heteroatoms. The maximum atomic E-state index is 10.7. The molecule has 1 N–H and O–H groups in total. The summed E-state index contributed by atoms with van der Waals surface area (Å²) in [5.41, 5.74) is -4.26. The molecular weight excluding hydrogens is 401 g/mol. The van der Waals surface area contributed by atoms with Crippen molar-refractivity contribution in [1.29, 1.82) is 0 Å². The molecule has 4 nitrogen and oxygen atoms in total. The van der Waals surface area contributed by atoms with E-state index >= 15 is 0 Å². The Morgan fingerprint density at radius 2 is 1.48 bits per heavy atom. The number of alkyl halides is 3. The van der Waals surface area contributed by atoms with Crippen molar-refractivity contribution in [2.75, 3.05) is 0 Å². The van der Waals surface area contributed by atoms with Gasteiger partial charge in [-0.25, -0.2) is 0 Å². The second kappa shape index (κ2) is 11.8. The number of hydrogen-bond acceptors (Lipinski definition) is 4. The molecule has 27 heavy (non-hydrogen) atoms. The molecule has 0 saturated heterocycles. The quantitative estimate of drug-likeness (QED) is 0.371. The van der Waals surface area contributed by atoms with E-state index in [1.54, 1.807) is 0 Å². The standard InChI is InChI=1S/C11H14OS.C6H12.CHF3O3S/c12-7-5-10-6-8-13-11(10)9-3-1-2-4-9;1-2-4-6-5-3-1;2-1(3,4)8(5,6)7/h6-9H,1-5H2;1-6H2;(H,5,6,7). The lowest BCUT2D eigenvalue weighted by molar-refractivity contribution is -0.107. The van der Waals surface area contributed by atoms with E-state index in [2.05, 4.69) is 11.4 Å². The van der Waals surface area contributed by atoms with Crippen molar-refractivity contribution in [3.8, 4) is 0 Å². The van der Waals surface area contributed by atoms with E-state index in [9.17, 15) is 18.0 Å². The van der Waals surface area contributed by atoms with Crippen LogP contribution in [-0.4, -0.2) is 24.8 Å². The predicted octanol–water partition coefficient (Wildman–Crippen LogP) is 5.88. The van der Waals surface area contributed by atoms with Crippen LogP contribution < -0.4 is 0 Å². The fraction of sp³-hybridized carbons (Fsp3) is 0.722. The highest BCUT2D eigenvalue weighted by atomic mass is 32.2. The van der Waals surface area contributed by atoms with Gasteiger partial charge in [0.25, 0.3) is 0 Å². The van der Waals surface area contributed by atoms with Gasteiger partial charge in [0.15, 0.2) is 0 Å². The van der Waals surface area contributed by atoms with Crippen molar-refractivity contribution >= 4 is 27.7 Å². The number of rotatable bonds is 3. The van der Waals surface area contributed by atoms with Crippen LogP contribution in [0.3, 0.4) is 0 Å². The van der Waals surface area contributed by atoms with E-state index in [0.29, 0.717) is 6.42 Å². The predicted molar refractivity (Wildman–Crippen MR) is 101 cm³/mol. The van der Waals surface area contributed by atoms with Gasteiger partial charge in [0, 0.05) is 11.3 Å². The van der Waals surface area contributed by atoms with Crippen molar-refractivity contribution < 1.29 is 30.9 Å². The number of aldehydes is 1. The monoisotopic (exact) mass is 428 g/mol. The van der Waals surface area contributed by atoms with Gasteiger partial charge in [0.05, 0.1) is 0 Å². The van der Waals surface area contributed by atoms with Crippen molar-refractivity contribution in [3.63, 3.8) is 0 Å². The van der Waals surface area contributed by atoms with Gasteiger partial charge < -0.3 is 4.79 Å². The lowest BCUT2D eigenvalue weighted by atomic mass is 10.0. The van der Waals surface area contributed by atoms with Crippen molar-refractivity contribution in [2.24, 2.45) is 0 Å². The maximum absolute atomic E-state index is 10.7. The Morgan fingerprint density at radius 3 is 1.85 bits per heavy atom. The van der Waals surface area contributed by atoms with Crippen LogP contribution in [0.15, 0.2) is 11.4 Å². The molecule has 1 aromatic rings. The van der Waals surface area contributed by atoms with Gasteiger partial charge in [0.1, 0.15) is 6.29 Å². The molecule has 3 rings (SSSR count). The minimum absolute atomic E-state index is 0.606. The molecular formula is C18H27F3O4S2. The van der Waals surface area contributed by atoms with E-state index in [1.807, 2.05) is 11.3 Å². The highest BCUT2D eigenvalue weighted by Crippen LogP contribution is 2.38. The first-order chi connectivity index (χ1) is 12.7. The number of hydrogen-bond donors (Lipinski definition) is 1. The average molecular weight is 429 g/mol. The zero-order valence-electron chi connectivity index (χ0n) is 15.2. The summed E-state index contributed by atoms with van der Waals surface area (Å²) in [5.74, 6) is 0.759. The summed E-state index contributed by atoms with van der Waals surface area (Å²) in [6, 6.07) is 2.10. The first-order valence-electron chi connectivity index (χ1n) is 9.20. The number of halogens is 3. The third-order valence-corrected chi connectivity index (χ3v) is 6.31. The average Bonchev–Trinajstić information content (AvgIpc) is 3.27. The van der Waals surface area contributed by atoms with Crippen molar-refractivity contribution in [3.05, 3.63) is 21.9 Å². The summed E-state index contributed by atoms with van der Waals surface area (Å²) >= 11 is 1.83. The Morgan fingerprint density at radius 1 is 1.04 bits per heavy atom. The zero-order chi connectivity index (χ0) is 20.3. The van der Waals surface area contributed by atoms with Crippen LogP contribution in [0.5, 0.6) is 0 Å². The summed E-state index contributed by atoms with van der Waals surface area (Å²) < 4.78 is 57.5. The van der Waals surface area contributed by atoms with Gasteiger partial charge in [-0.15, -0.1) is 11.3 Å². The topological polar surface area (TPSA) is 71.4 Å². The fourth-order valence-electron chi connectivity index (χ4n) is 3.21. The Labute approximate surface area is 162 Å². The second-order valence-corrected chi connectivity index (χ2v) is 9.07. The van der Waals surface area contributed by atoms with Crippen LogP contribution in [-0.2, 0) is 21.3 Å². The van der Waals surface area contributed by atoms with E-state index in [1.165, 1.54) is 74.6 Å². The molecule has 2 fully saturated rings. The highest BCUT2D eigenvalue weighted by Gasteiger charge is 2.44. The van der Waals surface area contributed by atoms with Crippen LogP contribution in [0.4, 0.5) is 13.2 Å². The SMILES string of the molecule is C1CCCCC1.O=CCc1ccsc1C1CCCC1.O=S(=O)(O)C(F)(F)F. The van der Waals surface area contributed by atoms with Crippen LogP contribution in [0.25, 0.3) is 0 Å². The number of thiophene rings is 1. The van der Waals surface area contributed by atoms with Crippen LogP contribution in [0.1, 0.15) is 80.6 Å². The molecule has 0 bridgehead atoms. The summed E-state index contributed by atoms with van der Waals surface area (Å²) in [5, 5.41) is 2.12. The molecule has 0 spiro atoms. The molecule has 0 amide bonds. The molecule has 1 heterocycles. The Balaban J connectivity index is 0.000000223. The molecule has 156 valence electrons. The van der Waals surface area contributed by atoms with Gasteiger partial charge in [0.2, 0.25) is 0 Å². The minimum Gasteiger partial charge on any atom is -0.303 e. The van der Waals surface area contributed by atoms with Gasteiger partial charge in [-0.3, -0.25) is 4.55 Å². The lowest BCUT2D eigenvalue weighted by Crippen LogP contribution is -2.21. The Hall–Kier alpha value is -0.930. The number of carbonyl (C=O) groups excluding carboxylic acids is 1. The van der Waals surface area contributed by atoms with Crippen LogP contribution in [0, 0.1) is 0 Å². The minimum atomic E-state index is -5.84. The fourth-order valence-corrected chi connectivity index (χ4v) is 4.32. The van der Waals surface area contributed by atoms with Crippen molar-refractivity contribution in [1.82, 2.24) is 0 Å². The molecule has 0 radical (unpaired) electrons. The maximum Gasteiger partial charge on any atom is 0.522 e. The van der Waals surface area contributed by atoms with Crippen LogP contribution in [0.2, 0.25) is 0 Å². The summed E-state index contributed by atoms with van der Waals surface area (Å²) in [6.45, 7) is 0. The second-order valence-electron chi connectivity index (χ2n) is 6.70. The van der Waals surface area contributed by atoms with E-state index in [4.69, 9.17) is 13.0 Å². The van der Waals surface area contributed by atoms with E-state index < -0.39 is 15.6 Å². The largest absolute Gasteiger partial charge is 0.522 e. The van der Waals surface area contributed by atoms with Gasteiger partial charge in [-0.05, 0) is 35.8 Å². The molecule has 2 aliphatic carbocycles. The van der Waals surface area contributed by atoms with Gasteiger partial charge in [-0.1, -0.05) is 51.4 Å². The molecule has 0 atom stereocenters. The van der Waals surface area contributed by atoms with Gasteiger partial charge >= 0.3 is 15.6 Å². The summed E-state index contributed by atoms with van der Waals surface area (Å²) in [7, 11) is -5.84. The smallest absolute Gasteiger partial charge is 0.303 e. The van der Waals surface area contributed by atoms with Crippen LogP contribution >= 0.6 is 11.3 Å². The van der Waals surface area contributed by atoms with E-state index in [0.717, 1.165) is 12.2 Å². The van der Waals surface area contributed by atoms with Crippen molar-refractivity contribution in [2.45, 2.75) is 82.1 Å². The molecule has 2 aliphatic rings. The third-order valence-electron chi connectivity index (χ3n) is 4.60. The molecule has 0 aliphatic heterocycles. The molecule has 0 unspecified atom stereocenters. The first-order valence-corrected chi connectivity index (χ1v) is 11.5. The normalized spacial score (nSPS) is 18.1. The first kappa shape index (κ1) is 24.1. The summed E-state index contributed by atoms with van der Waals surface area (Å²) in [4.78, 5) is 11.9. The van der Waals surface area contributed by atoms with Gasteiger partial charge in [-0.2, -0.15) is 21.6 Å². The molecule has 0 aromatic carbocycles. The summed E-state index contributed by atoms with van der Waals surface area (Å²) in [6.07, 6.45) is 16.0. The Kier molecular flexibility index (Phi) is 10.5. The molecule has 1 aromatic heterocycles. The highest BCUT2D eigenvalue weighted by molar-refractivity contribution is 7.86. The zero-order valence-corrected chi connectivity index (χ0v) is 16.8. The Bertz CT molecular complexity index is 632.